The molecule has 2 rings (SSSR count). The average Bonchev–Trinajstić information content (AvgIpc) is 2.72. The molecule has 0 spiro atoms. The highest BCUT2D eigenvalue weighted by atomic mass is 16.5. The zero-order valence-corrected chi connectivity index (χ0v) is 9.95. The van der Waals surface area contributed by atoms with Crippen molar-refractivity contribution < 1.29 is 13.9 Å². The van der Waals surface area contributed by atoms with E-state index in [9.17, 15) is 4.79 Å². The van der Waals surface area contributed by atoms with Crippen LogP contribution in [-0.2, 0) is 6.42 Å². The van der Waals surface area contributed by atoms with Crippen molar-refractivity contribution in [2.45, 2.75) is 13.3 Å². The summed E-state index contributed by atoms with van der Waals surface area (Å²) < 4.78 is 10.8. The van der Waals surface area contributed by atoms with Crippen LogP contribution in [0.15, 0.2) is 35.3 Å². The topological polar surface area (TPSA) is 39.4 Å². The van der Waals surface area contributed by atoms with Gasteiger partial charge in [0.25, 0.3) is 0 Å². The highest BCUT2D eigenvalue weighted by molar-refractivity contribution is 5.97. The zero-order valence-electron chi connectivity index (χ0n) is 9.95. The average molecular weight is 230 g/mol. The second kappa shape index (κ2) is 4.45. The van der Waals surface area contributed by atoms with Crippen molar-refractivity contribution in [1.82, 2.24) is 0 Å². The second-order valence-electron chi connectivity index (χ2n) is 3.88. The molecule has 1 aromatic carbocycles. The van der Waals surface area contributed by atoms with Crippen LogP contribution in [0.5, 0.6) is 5.75 Å². The van der Waals surface area contributed by atoms with E-state index >= 15 is 0 Å². The van der Waals surface area contributed by atoms with Gasteiger partial charge in [0, 0.05) is 12.3 Å². The number of furan rings is 1. The molecule has 0 unspecified atom stereocenters. The summed E-state index contributed by atoms with van der Waals surface area (Å²) in [5, 5.41) is 0.881. The number of hydrogen-bond donors (Lipinski definition) is 0. The molecular formula is C14H14O3. The normalized spacial score (nSPS) is 10.5. The number of fused-ring (bicyclic) bond motifs is 1. The maximum atomic E-state index is 11.3. The van der Waals surface area contributed by atoms with E-state index < -0.39 is 0 Å². The fourth-order valence-corrected chi connectivity index (χ4v) is 1.79. The van der Waals surface area contributed by atoms with E-state index in [1.165, 1.54) is 6.92 Å². The minimum Gasteiger partial charge on any atom is -0.493 e. The Morgan fingerprint density at radius 1 is 1.47 bits per heavy atom. The predicted molar refractivity (Wildman–Crippen MR) is 66.7 cm³/mol. The minimum absolute atomic E-state index is 0.0893. The number of rotatable bonds is 4. The van der Waals surface area contributed by atoms with E-state index in [0.717, 1.165) is 17.4 Å². The van der Waals surface area contributed by atoms with E-state index in [1.54, 1.807) is 13.2 Å². The van der Waals surface area contributed by atoms with Crippen LogP contribution in [0.1, 0.15) is 23.0 Å². The third-order valence-corrected chi connectivity index (χ3v) is 2.59. The van der Waals surface area contributed by atoms with Gasteiger partial charge in [0.15, 0.2) is 22.9 Å². The standard InChI is InChI=1S/C14H14O3/c1-4-5-10-6-11-8-12(9(2)15)17-14(11)13(7-10)16-3/h4,6-8H,1,5H2,2-3H3. The lowest BCUT2D eigenvalue weighted by molar-refractivity contribution is 0.0989. The molecule has 0 aliphatic carbocycles. The fraction of sp³-hybridized carbons (Fsp3) is 0.214. The van der Waals surface area contributed by atoms with Gasteiger partial charge in [-0.2, -0.15) is 0 Å². The molecule has 0 N–H and O–H groups in total. The molecule has 88 valence electrons. The van der Waals surface area contributed by atoms with Crippen molar-refractivity contribution >= 4 is 16.8 Å². The van der Waals surface area contributed by atoms with E-state index in [4.69, 9.17) is 9.15 Å². The zero-order chi connectivity index (χ0) is 12.4. The fourth-order valence-electron chi connectivity index (χ4n) is 1.79. The predicted octanol–water partition coefficient (Wildman–Crippen LogP) is 3.37. The summed E-state index contributed by atoms with van der Waals surface area (Å²) in [6, 6.07) is 5.62. The Balaban J connectivity index is 2.64. The van der Waals surface area contributed by atoms with Gasteiger partial charge in [0.1, 0.15) is 0 Å². The van der Waals surface area contributed by atoms with Crippen LogP contribution in [0.25, 0.3) is 11.0 Å². The largest absolute Gasteiger partial charge is 0.493 e. The SMILES string of the molecule is C=CCc1cc(OC)c2oc(C(C)=O)cc2c1. The molecule has 0 fully saturated rings. The summed E-state index contributed by atoms with van der Waals surface area (Å²) in [6.45, 7) is 5.19. The number of methoxy groups -OCH3 is 1. The van der Waals surface area contributed by atoms with Crippen molar-refractivity contribution in [1.29, 1.82) is 0 Å². The summed E-state index contributed by atoms with van der Waals surface area (Å²) in [5.41, 5.74) is 1.70. The van der Waals surface area contributed by atoms with Crippen LogP contribution in [0.4, 0.5) is 0 Å². The van der Waals surface area contributed by atoms with E-state index in [0.29, 0.717) is 17.1 Å². The first-order valence-electron chi connectivity index (χ1n) is 5.38. The summed E-state index contributed by atoms with van der Waals surface area (Å²) in [4.78, 5) is 11.3. The third-order valence-electron chi connectivity index (χ3n) is 2.59. The summed E-state index contributed by atoms with van der Waals surface area (Å²) in [5.74, 6) is 0.912. The first-order valence-corrected chi connectivity index (χ1v) is 5.38. The Labute approximate surface area is 99.7 Å². The van der Waals surface area contributed by atoms with Crippen LogP contribution in [-0.4, -0.2) is 12.9 Å². The first kappa shape index (κ1) is 11.5. The van der Waals surface area contributed by atoms with Crippen molar-refractivity contribution in [3.63, 3.8) is 0 Å². The number of carbonyl (C=O) groups is 1. The summed E-state index contributed by atoms with van der Waals surface area (Å²) in [7, 11) is 1.59. The van der Waals surface area contributed by atoms with Crippen LogP contribution in [0, 0.1) is 0 Å². The molecule has 0 aliphatic rings. The summed E-state index contributed by atoms with van der Waals surface area (Å²) >= 11 is 0. The lowest BCUT2D eigenvalue weighted by Crippen LogP contribution is -1.87. The van der Waals surface area contributed by atoms with Crippen molar-refractivity contribution in [2.24, 2.45) is 0 Å². The number of allylic oxidation sites excluding steroid dienone is 1. The third kappa shape index (κ3) is 2.09. The lowest BCUT2D eigenvalue weighted by Gasteiger charge is -2.03. The number of Topliss-reactive ketones (excluding diaryl/α,β-unsaturated/α-hetero) is 1. The molecule has 17 heavy (non-hydrogen) atoms. The molecule has 0 bridgehead atoms. The van der Waals surface area contributed by atoms with Gasteiger partial charge in [-0.05, 0) is 30.2 Å². The molecular weight excluding hydrogens is 216 g/mol. The summed E-state index contributed by atoms with van der Waals surface area (Å²) in [6.07, 6.45) is 2.58. The van der Waals surface area contributed by atoms with E-state index in [1.807, 2.05) is 18.2 Å². The quantitative estimate of drug-likeness (QED) is 0.597. The van der Waals surface area contributed by atoms with Crippen molar-refractivity contribution in [2.75, 3.05) is 7.11 Å². The number of ether oxygens (including phenoxy) is 1. The second-order valence-corrected chi connectivity index (χ2v) is 3.88. The molecule has 1 aromatic heterocycles. The lowest BCUT2D eigenvalue weighted by atomic mass is 10.1. The van der Waals surface area contributed by atoms with E-state index in [-0.39, 0.29) is 5.78 Å². The monoisotopic (exact) mass is 230 g/mol. The van der Waals surface area contributed by atoms with Gasteiger partial charge < -0.3 is 9.15 Å². The van der Waals surface area contributed by atoms with Crippen molar-refractivity contribution in [3.8, 4) is 5.75 Å². The van der Waals surface area contributed by atoms with Crippen LogP contribution >= 0.6 is 0 Å². The number of carbonyl (C=O) groups excluding carboxylic acids is 1. The smallest absolute Gasteiger partial charge is 0.194 e. The van der Waals surface area contributed by atoms with Crippen LogP contribution in [0.3, 0.4) is 0 Å². The Kier molecular flexibility index (Phi) is 3.00. The number of hydrogen-bond acceptors (Lipinski definition) is 3. The van der Waals surface area contributed by atoms with Gasteiger partial charge >= 0.3 is 0 Å². The molecule has 0 radical (unpaired) electrons. The minimum atomic E-state index is -0.0893. The van der Waals surface area contributed by atoms with Gasteiger partial charge in [-0.15, -0.1) is 6.58 Å². The maximum Gasteiger partial charge on any atom is 0.194 e. The molecule has 2 aromatic rings. The van der Waals surface area contributed by atoms with Crippen LogP contribution < -0.4 is 4.74 Å². The Bertz CT molecular complexity index is 578. The number of benzene rings is 1. The molecule has 0 amide bonds. The molecule has 0 atom stereocenters. The molecule has 3 nitrogen and oxygen atoms in total. The van der Waals surface area contributed by atoms with Crippen molar-refractivity contribution in [3.05, 3.63) is 42.2 Å². The first-order chi connectivity index (χ1) is 8.15. The van der Waals surface area contributed by atoms with Gasteiger partial charge in [0.2, 0.25) is 0 Å². The molecule has 3 heteroatoms. The number of ketones is 1. The highest BCUT2D eigenvalue weighted by Gasteiger charge is 2.12. The molecule has 0 aliphatic heterocycles. The van der Waals surface area contributed by atoms with Crippen LogP contribution in [0.2, 0.25) is 0 Å². The molecule has 0 saturated carbocycles. The molecule has 0 saturated heterocycles. The van der Waals surface area contributed by atoms with Gasteiger partial charge in [-0.25, -0.2) is 0 Å². The highest BCUT2D eigenvalue weighted by Crippen LogP contribution is 2.30. The Morgan fingerprint density at radius 2 is 2.24 bits per heavy atom. The van der Waals surface area contributed by atoms with Gasteiger partial charge in [-0.3, -0.25) is 4.79 Å². The molecule has 1 heterocycles. The van der Waals surface area contributed by atoms with E-state index in [2.05, 4.69) is 6.58 Å². The maximum absolute atomic E-state index is 11.3. The van der Waals surface area contributed by atoms with Gasteiger partial charge in [0.05, 0.1) is 7.11 Å². The van der Waals surface area contributed by atoms with Gasteiger partial charge in [-0.1, -0.05) is 6.08 Å². The Hall–Kier alpha value is -2.03. The Morgan fingerprint density at radius 3 is 2.82 bits per heavy atom.